The second kappa shape index (κ2) is 4.61. The highest BCUT2D eigenvalue weighted by molar-refractivity contribution is 7.89. The highest BCUT2D eigenvalue weighted by Gasteiger charge is 2.29. The molecule has 0 bridgehead atoms. The van der Waals surface area contributed by atoms with Crippen LogP contribution in [-0.2, 0) is 24.4 Å². The fraction of sp³-hybridized carbons (Fsp3) is 0.400. The van der Waals surface area contributed by atoms with Gasteiger partial charge in [0.25, 0.3) is 20.2 Å². The van der Waals surface area contributed by atoms with Crippen LogP contribution >= 0.6 is 0 Å². The Hall–Kier alpha value is -0.960. The van der Waals surface area contributed by atoms with Gasteiger partial charge in [-0.3, -0.25) is 8.74 Å². The standard InChI is InChI=1S/C10H14O6S2/c1-10(2,3)16-18(14,15)9-7-5-4-6-8(9)17(11,12)13/h4-7H,1-3H3,(H,11,12,13). The zero-order valence-corrected chi connectivity index (χ0v) is 11.7. The molecule has 0 saturated heterocycles. The topological polar surface area (TPSA) is 97.7 Å². The van der Waals surface area contributed by atoms with Gasteiger partial charge in [-0.2, -0.15) is 16.8 Å². The van der Waals surface area contributed by atoms with Crippen molar-refractivity contribution in [1.82, 2.24) is 0 Å². The Morgan fingerprint density at radius 3 is 1.83 bits per heavy atom. The minimum atomic E-state index is -4.63. The second-order valence-electron chi connectivity index (χ2n) is 4.57. The molecule has 0 aliphatic carbocycles. The minimum absolute atomic E-state index is 0.581. The molecule has 0 aliphatic heterocycles. The fourth-order valence-electron chi connectivity index (χ4n) is 1.24. The van der Waals surface area contributed by atoms with E-state index in [-0.39, 0.29) is 0 Å². The van der Waals surface area contributed by atoms with Gasteiger partial charge >= 0.3 is 0 Å². The third-order valence-corrected chi connectivity index (χ3v) is 4.41. The monoisotopic (exact) mass is 294 g/mol. The van der Waals surface area contributed by atoms with Crippen molar-refractivity contribution in [3.8, 4) is 0 Å². The maximum atomic E-state index is 11.9. The molecule has 0 spiro atoms. The number of benzene rings is 1. The molecule has 18 heavy (non-hydrogen) atoms. The summed E-state index contributed by atoms with van der Waals surface area (Å²) in [5, 5.41) is 0. The van der Waals surface area contributed by atoms with Crippen LogP contribution in [0.3, 0.4) is 0 Å². The maximum Gasteiger partial charge on any atom is 0.298 e. The molecule has 0 amide bonds. The SMILES string of the molecule is CC(C)(C)OS(=O)(=O)c1ccccc1S(=O)(=O)O. The summed E-state index contributed by atoms with van der Waals surface area (Å²) in [4.78, 5) is -1.28. The van der Waals surface area contributed by atoms with Crippen LogP contribution in [0.1, 0.15) is 20.8 Å². The van der Waals surface area contributed by atoms with E-state index >= 15 is 0 Å². The van der Waals surface area contributed by atoms with E-state index in [1.807, 2.05) is 0 Å². The van der Waals surface area contributed by atoms with Crippen molar-refractivity contribution in [2.45, 2.75) is 36.2 Å². The van der Waals surface area contributed by atoms with Crippen LogP contribution in [-0.4, -0.2) is 27.0 Å². The first kappa shape index (κ1) is 15.1. The Kier molecular flexibility index (Phi) is 3.87. The number of hydrogen-bond donors (Lipinski definition) is 1. The van der Waals surface area contributed by atoms with Crippen molar-refractivity contribution in [2.75, 3.05) is 0 Å². The second-order valence-corrected chi connectivity index (χ2v) is 7.48. The Morgan fingerprint density at radius 1 is 1.00 bits per heavy atom. The van der Waals surface area contributed by atoms with Gasteiger partial charge in [0.1, 0.15) is 9.79 Å². The summed E-state index contributed by atoms with van der Waals surface area (Å²) in [5.74, 6) is 0. The van der Waals surface area contributed by atoms with E-state index in [0.29, 0.717) is 0 Å². The highest BCUT2D eigenvalue weighted by Crippen LogP contribution is 2.25. The van der Waals surface area contributed by atoms with Gasteiger partial charge in [-0.1, -0.05) is 12.1 Å². The normalized spacial score (nSPS) is 13.6. The van der Waals surface area contributed by atoms with Crippen LogP contribution in [0, 0.1) is 0 Å². The van der Waals surface area contributed by atoms with Gasteiger partial charge in [-0.05, 0) is 32.9 Å². The molecule has 0 fully saturated rings. The smallest absolute Gasteiger partial charge is 0.282 e. The Balaban J connectivity index is 3.44. The molecule has 102 valence electrons. The predicted molar refractivity (Wildman–Crippen MR) is 64.3 cm³/mol. The van der Waals surface area contributed by atoms with Crippen LogP contribution in [0.4, 0.5) is 0 Å². The Morgan fingerprint density at radius 2 is 1.44 bits per heavy atom. The molecule has 1 aromatic rings. The fourth-order valence-corrected chi connectivity index (χ4v) is 3.75. The lowest BCUT2D eigenvalue weighted by molar-refractivity contribution is 0.139. The zero-order valence-electron chi connectivity index (χ0n) is 10.1. The van der Waals surface area contributed by atoms with E-state index in [1.54, 1.807) is 0 Å². The molecule has 1 N–H and O–H groups in total. The summed E-state index contributed by atoms with van der Waals surface area (Å²) in [6.07, 6.45) is 0. The van der Waals surface area contributed by atoms with E-state index < -0.39 is 35.6 Å². The third-order valence-electron chi connectivity index (χ3n) is 1.76. The van der Waals surface area contributed by atoms with Gasteiger partial charge in [-0.15, -0.1) is 0 Å². The molecule has 8 heteroatoms. The van der Waals surface area contributed by atoms with Crippen molar-refractivity contribution in [2.24, 2.45) is 0 Å². The molecule has 0 saturated carbocycles. The first-order chi connectivity index (χ1) is 7.93. The van der Waals surface area contributed by atoms with E-state index in [9.17, 15) is 16.8 Å². The molecule has 1 aromatic carbocycles. The Labute approximate surface area is 106 Å². The molecular weight excluding hydrogens is 280 g/mol. The van der Waals surface area contributed by atoms with Crippen molar-refractivity contribution >= 4 is 20.2 Å². The molecule has 0 heterocycles. The van der Waals surface area contributed by atoms with Gasteiger partial charge < -0.3 is 0 Å². The lowest BCUT2D eigenvalue weighted by atomic mass is 10.2. The molecule has 0 aromatic heterocycles. The molecule has 0 radical (unpaired) electrons. The predicted octanol–water partition coefficient (Wildman–Crippen LogP) is 1.44. The molecule has 0 aliphatic rings. The van der Waals surface area contributed by atoms with Gasteiger partial charge in [0.2, 0.25) is 0 Å². The summed E-state index contributed by atoms with van der Waals surface area (Å²) in [6, 6.07) is 4.70. The van der Waals surface area contributed by atoms with Crippen LogP contribution < -0.4 is 0 Å². The largest absolute Gasteiger partial charge is 0.298 e. The molecule has 0 unspecified atom stereocenters. The maximum absolute atomic E-state index is 11.9. The lowest BCUT2D eigenvalue weighted by Gasteiger charge is -2.19. The van der Waals surface area contributed by atoms with Crippen LogP contribution in [0.2, 0.25) is 0 Å². The first-order valence-electron chi connectivity index (χ1n) is 4.96. The van der Waals surface area contributed by atoms with Gasteiger partial charge in [-0.25, -0.2) is 0 Å². The van der Waals surface area contributed by atoms with Crippen molar-refractivity contribution in [3.05, 3.63) is 24.3 Å². The van der Waals surface area contributed by atoms with Crippen LogP contribution in [0.15, 0.2) is 34.1 Å². The number of hydrogen-bond acceptors (Lipinski definition) is 5. The zero-order chi connectivity index (χ0) is 14.2. The summed E-state index contributed by atoms with van der Waals surface area (Å²) < 4.78 is 59.9. The quantitative estimate of drug-likeness (QED) is 0.669. The van der Waals surface area contributed by atoms with E-state index in [1.165, 1.54) is 32.9 Å². The minimum Gasteiger partial charge on any atom is -0.282 e. The molecule has 1 rings (SSSR count). The van der Waals surface area contributed by atoms with Crippen molar-refractivity contribution in [1.29, 1.82) is 0 Å². The summed E-state index contributed by atoms with van der Waals surface area (Å²) >= 11 is 0. The van der Waals surface area contributed by atoms with Gasteiger partial charge in [0.15, 0.2) is 0 Å². The first-order valence-corrected chi connectivity index (χ1v) is 7.80. The average molecular weight is 294 g/mol. The van der Waals surface area contributed by atoms with Gasteiger partial charge in [0, 0.05) is 0 Å². The van der Waals surface area contributed by atoms with E-state index in [2.05, 4.69) is 0 Å². The van der Waals surface area contributed by atoms with E-state index in [0.717, 1.165) is 12.1 Å². The van der Waals surface area contributed by atoms with Crippen LogP contribution in [0.25, 0.3) is 0 Å². The van der Waals surface area contributed by atoms with Crippen molar-refractivity contribution in [3.63, 3.8) is 0 Å². The summed E-state index contributed by atoms with van der Waals surface area (Å²) in [6.45, 7) is 4.54. The highest BCUT2D eigenvalue weighted by atomic mass is 32.2. The van der Waals surface area contributed by atoms with Crippen LogP contribution in [0.5, 0.6) is 0 Å². The average Bonchev–Trinajstić information content (AvgIpc) is 2.12. The van der Waals surface area contributed by atoms with Crippen molar-refractivity contribution < 1.29 is 25.6 Å². The summed E-state index contributed by atoms with van der Waals surface area (Å²) in [7, 11) is -8.90. The number of rotatable bonds is 3. The third kappa shape index (κ3) is 3.77. The van der Waals surface area contributed by atoms with E-state index in [4.69, 9.17) is 8.74 Å². The molecular formula is C10H14O6S2. The molecule has 0 atom stereocenters. The molecule has 6 nitrogen and oxygen atoms in total. The summed E-state index contributed by atoms with van der Waals surface area (Å²) in [5.41, 5.74) is -1.01. The lowest BCUT2D eigenvalue weighted by Crippen LogP contribution is -2.25. The van der Waals surface area contributed by atoms with Gasteiger partial charge in [0.05, 0.1) is 5.60 Å². The Bertz CT molecular complexity index is 637.